The molecule has 1 aliphatic heterocycles. The maximum absolute atomic E-state index is 13.1. The zero-order chi connectivity index (χ0) is 26.0. The van der Waals surface area contributed by atoms with Gasteiger partial charge in [0.05, 0.1) is 31.0 Å². The molecule has 3 rings (SSSR count). The molecule has 1 saturated heterocycles. The Kier molecular flexibility index (Phi) is 7.78. The van der Waals surface area contributed by atoms with E-state index in [0.29, 0.717) is 42.0 Å². The van der Waals surface area contributed by atoms with Crippen LogP contribution in [0.1, 0.15) is 44.7 Å². The van der Waals surface area contributed by atoms with Gasteiger partial charge < -0.3 is 24.8 Å². The number of aryl methyl sites for hydroxylation is 1. The number of carbonyl (C=O) groups excluding carboxylic acids is 1. The number of carbonyl (C=O) groups is 1. The normalized spacial score (nSPS) is 18.8. The summed E-state index contributed by atoms with van der Waals surface area (Å²) in [4.78, 5) is 14.2. The molecule has 1 fully saturated rings. The summed E-state index contributed by atoms with van der Waals surface area (Å²) in [5, 5.41) is 21.4. The van der Waals surface area contributed by atoms with E-state index in [2.05, 4.69) is 15.5 Å². The molecule has 2 aromatic rings. The molecule has 0 spiro atoms. The standard InChI is InChI=1S/C24H31F3N4O4/c1-14-10-20(28-16-7-8-17(13-32)31(12-16)22(33)35-23(2,3)4)29-30-21(14)18-9-6-15(24(25,26)27)11-19(18)34-5/h6,9-11,16-17,32H,7-8,12-13H2,1-5H3,(H,28,29)/t16-,17+/m1/s1. The quantitative estimate of drug-likeness (QED) is 0.622. The van der Waals surface area contributed by atoms with Crippen molar-refractivity contribution in [2.45, 2.75) is 64.4 Å². The maximum atomic E-state index is 13.1. The Morgan fingerprint density at radius 2 is 1.91 bits per heavy atom. The topological polar surface area (TPSA) is 96.8 Å². The molecule has 192 valence electrons. The third-order valence-electron chi connectivity index (χ3n) is 5.67. The molecule has 35 heavy (non-hydrogen) atoms. The van der Waals surface area contributed by atoms with Gasteiger partial charge in [-0.25, -0.2) is 4.79 Å². The van der Waals surface area contributed by atoms with Crippen LogP contribution in [0.15, 0.2) is 24.3 Å². The van der Waals surface area contributed by atoms with Gasteiger partial charge >= 0.3 is 12.3 Å². The fourth-order valence-electron chi connectivity index (χ4n) is 3.97. The Hall–Kier alpha value is -3.08. The van der Waals surface area contributed by atoms with Crippen molar-refractivity contribution in [1.82, 2.24) is 15.1 Å². The van der Waals surface area contributed by atoms with Crippen molar-refractivity contribution in [3.05, 3.63) is 35.4 Å². The number of alkyl halides is 3. The first-order valence-corrected chi connectivity index (χ1v) is 11.3. The lowest BCUT2D eigenvalue weighted by Gasteiger charge is -2.39. The molecule has 1 aliphatic rings. The van der Waals surface area contributed by atoms with Gasteiger partial charge in [-0.3, -0.25) is 0 Å². The molecule has 8 nitrogen and oxygen atoms in total. The molecule has 0 bridgehead atoms. The number of rotatable bonds is 5. The van der Waals surface area contributed by atoms with Gasteiger partial charge in [-0.1, -0.05) is 0 Å². The van der Waals surface area contributed by atoms with Crippen molar-refractivity contribution in [1.29, 1.82) is 0 Å². The number of nitrogens with zero attached hydrogens (tertiary/aromatic N) is 3. The van der Waals surface area contributed by atoms with E-state index in [-0.39, 0.29) is 24.4 Å². The van der Waals surface area contributed by atoms with Crippen LogP contribution in [0.5, 0.6) is 5.75 Å². The van der Waals surface area contributed by atoms with Gasteiger partial charge in [0.15, 0.2) is 0 Å². The molecular formula is C24H31F3N4O4. The second-order valence-electron chi connectivity index (χ2n) is 9.56. The number of piperidine rings is 1. The number of halogens is 3. The molecule has 0 unspecified atom stereocenters. The number of nitrogens with one attached hydrogen (secondary N) is 1. The van der Waals surface area contributed by atoms with E-state index in [4.69, 9.17) is 9.47 Å². The smallest absolute Gasteiger partial charge is 0.416 e. The average molecular weight is 497 g/mol. The van der Waals surface area contributed by atoms with E-state index >= 15 is 0 Å². The highest BCUT2D eigenvalue weighted by molar-refractivity contribution is 5.71. The number of benzene rings is 1. The van der Waals surface area contributed by atoms with Crippen molar-refractivity contribution < 1.29 is 32.5 Å². The Balaban J connectivity index is 1.77. The first-order valence-electron chi connectivity index (χ1n) is 11.3. The average Bonchev–Trinajstić information content (AvgIpc) is 2.77. The van der Waals surface area contributed by atoms with Gasteiger partial charge in [-0.05, 0) is 70.4 Å². The number of anilines is 1. The second-order valence-corrected chi connectivity index (χ2v) is 9.56. The number of ether oxygens (including phenoxy) is 2. The molecule has 1 aromatic heterocycles. The molecular weight excluding hydrogens is 465 g/mol. The second kappa shape index (κ2) is 10.3. The van der Waals surface area contributed by atoms with Crippen LogP contribution in [0.3, 0.4) is 0 Å². The fraction of sp³-hybridized carbons (Fsp3) is 0.542. The number of hydrogen-bond donors (Lipinski definition) is 2. The summed E-state index contributed by atoms with van der Waals surface area (Å²) < 4.78 is 49.8. The summed E-state index contributed by atoms with van der Waals surface area (Å²) in [6, 6.07) is 4.51. The molecule has 2 heterocycles. The van der Waals surface area contributed by atoms with Crippen LogP contribution >= 0.6 is 0 Å². The third-order valence-corrected chi connectivity index (χ3v) is 5.67. The minimum Gasteiger partial charge on any atom is -0.496 e. The summed E-state index contributed by atoms with van der Waals surface area (Å²) in [7, 11) is 1.30. The van der Waals surface area contributed by atoms with Crippen molar-refractivity contribution in [3.8, 4) is 17.0 Å². The lowest BCUT2D eigenvalue weighted by molar-refractivity contribution is -0.137. The lowest BCUT2D eigenvalue weighted by Crippen LogP contribution is -2.53. The lowest BCUT2D eigenvalue weighted by atomic mass is 9.99. The van der Waals surface area contributed by atoms with E-state index in [0.717, 1.165) is 12.1 Å². The van der Waals surface area contributed by atoms with Crippen LogP contribution in [0.2, 0.25) is 0 Å². The molecule has 1 aromatic carbocycles. The predicted octanol–water partition coefficient (Wildman–Crippen LogP) is 4.65. The molecule has 2 N–H and O–H groups in total. The minimum atomic E-state index is -4.48. The van der Waals surface area contributed by atoms with E-state index in [9.17, 15) is 23.1 Å². The molecule has 1 amide bonds. The minimum absolute atomic E-state index is 0.0493. The highest BCUT2D eigenvalue weighted by atomic mass is 19.4. The van der Waals surface area contributed by atoms with Gasteiger partial charge in [-0.15, -0.1) is 10.2 Å². The van der Waals surface area contributed by atoms with Crippen LogP contribution in [-0.2, 0) is 10.9 Å². The third kappa shape index (κ3) is 6.53. The Bertz CT molecular complexity index is 1060. The van der Waals surface area contributed by atoms with Gasteiger partial charge in [0.25, 0.3) is 0 Å². The zero-order valence-corrected chi connectivity index (χ0v) is 20.4. The van der Waals surface area contributed by atoms with E-state index < -0.39 is 23.4 Å². The molecule has 11 heteroatoms. The largest absolute Gasteiger partial charge is 0.496 e. The zero-order valence-electron chi connectivity index (χ0n) is 20.4. The predicted molar refractivity (Wildman–Crippen MR) is 124 cm³/mol. The number of hydrogen-bond acceptors (Lipinski definition) is 7. The van der Waals surface area contributed by atoms with Crippen molar-refractivity contribution in [2.75, 3.05) is 25.6 Å². The van der Waals surface area contributed by atoms with E-state index in [1.165, 1.54) is 18.1 Å². The van der Waals surface area contributed by atoms with Crippen LogP contribution in [0, 0.1) is 6.92 Å². The molecule has 0 saturated carbocycles. The number of likely N-dealkylation sites (tertiary alicyclic amines) is 1. The van der Waals surface area contributed by atoms with Crippen molar-refractivity contribution in [3.63, 3.8) is 0 Å². The van der Waals surface area contributed by atoms with Gasteiger partial charge in [-0.2, -0.15) is 13.2 Å². The van der Waals surface area contributed by atoms with Crippen LogP contribution in [-0.4, -0.2) is 64.2 Å². The summed E-state index contributed by atoms with van der Waals surface area (Å²) >= 11 is 0. The highest BCUT2D eigenvalue weighted by Crippen LogP contribution is 2.37. The first kappa shape index (κ1) is 26.5. The SMILES string of the molecule is COc1cc(C(F)(F)F)ccc1-c1nnc(N[C@@H]2CC[C@@H](CO)N(C(=O)OC(C)(C)C)C2)cc1C. The number of aliphatic hydroxyl groups excluding tert-OH is 1. The van der Waals surface area contributed by atoms with Crippen LogP contribution < -0.4 is 10.1 Å². The summed E-state index contributed by atoms with van der Waals surface area (Å²) in [5.41, 5.74) is 0.0237. The van der Waals surface area contributed by atoms with Gasteiger partial charge in [0.1, 0.15) is 17.2 Å². The monoisotopic (exact) mass is 496 g/mol. The van der Waals surface area contributed by atoms with Crippen LogP contribution in [0.25, 0.3) is 11.3 Å². The molecule has 2 atom stereocenters. The van der Waals surface area contributed by atoms with E-state index in [1.807, 2.05) is 0 Å². The number of aromatic nitrogens is 2. The van der Waals surface area contributed by atoms with E-state index in [1.54, 1.807) is 33.8 Å². The first-order chi connectivity index (χ1) is 16.3. The Morgan fingerprint density at radius 1 is 1.20 bits per heavy atom. The summed E-state index contributed by atoms with van der Waals surface area (Å²) in [6.45, 7) is 7.28. The maximum Gasteiger partial charge on any atom is 0.416 e. The molecule has 0 aliphatic carbocycles. The molecule has 0 radical (unpaired) electrons. The van der Waals surface area contributed by atoms with Gasteiger partial charge in [0.2, 0.25) is 0 Å². The Morgan fingerprint density at radius 3 is 2.49 bits per heavy atom. The Labute approximate surface area is 202 Å². The summed E-state index contributed by atoms with van der Waals surface area (Å²) in [6.07, 6.45) is -3.70. The van der Waals surface area contributed by atoms with Crippen molar-refractivity contribution >= 4 is 11.9 Å². The van der Waals surface area contributed by atoms with Crippen LogP contribution in [0.4, 0.5) is 23.8 Å². The summed E-state index contributed by atoms with van der Waals surface area (Å²) in [5.74, 6) is 0.516. The van der Waals surface area contributed by atoms with Gasteiger partial charge in [0, 0.05) is 18.2 Å². The fourth-order valence-corrected chi connectivity index (χ4v) is 3.97. The number of amides is 1. The van der Waals surface area contributed by atoms with Crippen molar-refractivity contribution in [2.24, 2.45) is 0 Å². The number of aliphatic hydroxyl groups is 1. The number of methoxy groups -OCH3 is 1. The highest BCUT2D eigenvalue weighted by Gasteiger charge is 2.34.